The molecule has 0 saturated carbocycles. The number of rotatable bonds is 5. The van der Waals surface area contributed by atoms with Crippen molar-refractivity contribution in [3.8, 4) is 11.4 Å². The van der Waals surface area contributed by atoms with Crippen molar-refractivity contribution in [2.24, 2.45) is 0 Å². The molecule has 10 heteroatoms. The Labute approximate surface area is 129 Å². The topological polar surface area (TPSA) is 74.1 Å². The first-order valence-electron chi connectivity index (χ1n) is 5.67. The Bertz CT molecular complexity index is 764. The summed E-state index contributed by atoms with van der Waals surface area (Å²) in [5, 5.41) is 6.67. The van der Waals surface area contributed by atoms with Gasteiger partial charge in [0, 0.05) is 23.4 Å². The van der Waals surface area contributed by atoms with Crippen LogP contribution in [0.1, 0.15) is 0 Å². The SMILES string of the molecule is COCCn1c(-c2cccc(F)c2Cl)nnc1S(=O)(=O)Cl. The maximum atomic E-state index is 13.5. The number of methoxy groups -OCH3 is 1. The van der Waals surface area contributed by atoms with Crippen molar-refractivity contribution in [2.45, 2.75) is 11.7 Å². The van der Waals surface area contributed by atoms with Crippen molar-refractivity contribution in [1.82, 2.24) is 14.8 Å². The van der Waals surface area contributed by atoms with E-state index in [1.165, 1.54) is 29.9 Å². The number of aromatic nitrogens is 3. The molecule has 2 aromatic rings. The Balaban J connectivity index is 2.64. The van der Waals surface area contributed by atoms with Gasteiger partial charge < -0.3 is 4.74 Å². The summed E-state index contributed by atoms with van der Waals surface area (Å²) in [4.78, 5) is 0. The van der Waals surface area contributed by atoms with Crippen LogP contribution in [-0.2, 0) is 20.3 Å². The van der Waals surface area contributed by atoms with Crippen LogP contribution in [0.25, 0.3) is 11.4 Å². The normalized spacial score (nSPS) is 11.8. The van der Waals surface area contributed by atoms with Gasteiger partial charge in [0.05, 0.1) is 18.2 Å². The van der Waals surface area contributed by atoms with Gasteiger partial charge in [0.15, 0.2) is 5.82 Å². The zero-order valence-corrected chi connectivity index (χ0v) is 13.1. The lowest BCUT2D eigenvalue weighted by molar-refractivity contribution is 0.185. The molecule has 0 spiro atoms. The molecule has 0 fully saturated rings. The second-order valence-corrected chi connectivity index (χ2v) is 6.83. The first kappa shape index (κ1) is 16.2. The lowest BCUT2D eigenvalue weighted by Gasteiger charge is -2.09. The highest BCUT2D eigenvalue weighted by Crippen LogP contribution is 2.30. The van der Waals surface area contributed by atoms with Gasteiger partial charge >= 0.3 is 0 Å². The number of benzene rings is 1. The standard InChI is InChI=1S/C11H10Cl2FN3O3S/c1-20-6-5-17-10(15-16-11(17)21(13,18)19)7-3-2-4-8(14)9(7)12/h2-4H,5-6H2,1H3. The molecule has 0 unspecified atom stereocenters. The summed E-state index contributed by atoms with van der Waals surface area (Å²) in [6, 6.07) is 4.12. The maximum absolute atomic E-state index is 13.5. The molecule has 0 aliphatic rings. The number of hydrogen-bond acceptors (Lipinski definition) is 5. The summed E-state index contributed by atoms with van der Waals surface area (Å²) in [6.07, 6.45) is 0. The summed E-state index contributed by atoms with van der Waals surface area (Å²) >= 11 is 5.89. The molecule has 0 bridgehead atoms. The zero-order chi connectivity index (χ0) is 15.6. The van der Waals surface area contributed by atoms with E-state index in [1.807, 2.05) is 0 Å². The summed E-state index contributed by atoms with van der Waals surface area (Å²) in [5.74, 6) is -0.554. The quantitative estimate of drug-likeness (QED) is 0.771. The van der Waals surface area contributed by atoms with E-state index in [0.29, 0.717) is 0 Å². The third-order valence-electron chi connectivity index (χ3n) is 2.65. The zero-order valence-electron chi connectivity index (χ0n) is 10.8. The minimum Gasteiger partial charge on any atom is -0.383 e. The molecule has 0 N–H and O–H groups in total. The third kappa shape index (κ3) is 3.34. The van der Waals surface area contributed by atoms with E-state index >= 15 is 0 Å². The smallest absolute Gasteiger partial charge is 0.296 e. The van der Waals surface area contributed by atoms with Gasteiger partial charge in [-0.1, -0.05) is 17.7 Å². The van der Waals surface area contributed by atoms with Crippen molar-refractivity contribution in [1.29, 1.82) is 0 Å². The van der Waals surface area contributed by atoms with Crippen molar-refractivity contribution in [3.05, 3.63) is 29.0 Å². The van der Waals surface area contributed by atoms with Crippen LogP contribution in [0.5, 0.6) is 0 Å². The van der Waals surface area contributed by atoms with Crippen LogP contribution >= 0.6 is 22.3 Å². The molecule has 1 heterocycles. The summed E-state index contributed by atoms with van der Waals surface area (Å²) in [7, 11) is 2.66. The van der Waals surface area contributed by atoms with Crippen molar-refractivity contribution < 1.29 is 17.5 Å². The first-order chi connectivity index (χ1) is 9.86. The minimum atomic E-state index is -4.10. The minimum absolute atomic E-state index is 0.0933. The lowest BCUT2D eigenvalue weighted by atomic mass is 10.2. The predicted octanol–water partition coefficient (Wildman–Crippen LogP) is 2.31. The van der Waals surface area contributed by atoms with Gasteiger partial charge in [0.1, 0.15) is 5.82 Å². The van der Waals surface area contributed by atoms with Gasteiger partial charge in [-0.3, -0.25) is 4.57 Å². The van der Waals surface area contributed by atoms with Crippen molar-refractivity contribution in [2.75, 3.05) is 13.7 Å². The lowest BCUT2D eigenvalue weighted by Crippen LogP contribution is -2.11. The molecule has 0 aliphatic heterocycles. The highest BCUT2D eigenvalue weighted by Gasteiger charge is 2.24. The van der Waals surface area contributed by atoms with Crippen LogP contribution in [0.3, 0.4) is 0 Å². The molecule has 1 aromatic carbocycles. The summed E-state index contributed by atoms with van der Waals surface area (Å²) in [6.45, 7) is 0.310. The van der Waals surface area contributed by atoms with Gasteiger partial charge in [0.2, 0.25) is 0 Å². The van der Waals surface area contributed by atoms with E-state index in [-0.39, 0.29) is 29.6 Å². The van der Waals surface area contributed by atoms with Crippen LogP contribution in [-0.4, -0.2) is 36.9 Å². The van der Waals surface area contributed by atoms with Crippen LogP contribution in [0, 0.1) is 5.82 Å². The van der Waals surface area contributed by atoms with Gasteiger partial charge in [0.25, 0.3) is 14.2 Å². The Morgan fingerprint density at radius 3 is 2.71 bits per heavy atom. The second kappa shape index (κ2) is 6.27. The summed E-state index contributed by atoms with van der Waals surface area (Å²) < 4.78 is 42.7. The van der Waals surface area contributed by atoms with Gasteiger partial charge in [-0.25, -0.2) is 12.8 Å². The Kier molecular flexibility index (Phi) is 4.82. The first-order valence-corrected chi connectivity index (χ1v) is 8.36. The van der Waals surface area contributed by atoms with Crippen LogP contribution in [0.2, 0.25) is 5.02 Å². The van der Waals surface area contributed by atoms with Crippen molar-refractivity contribution >= 4 is 31.3 Å². The predicted molar refractivity (Wildman–Crippen MR) is 75.3 cm³/mol. The Hall–Kier alpha value is -1.22. The molecule has 2 rings (SSSR count). The molecule has 114 valence electrons. The van der Waals surface area contributed by atoms with E-state index in [1.54, 1.807) is 0 Å². The largest absolute Gasteiger partial charge is 0.383 e. The highest BCUT2D eigenvalue weighted by molar-refractivity contribution is 8.13. The fourth-order valence-electron chi connectivity index (χ4n) is 1.73. The number of hydrogen-bond donors (Lipinski definition) is 0. The van der Waals surface area contributed by atoms with E-state index in [4.69, 9.17) is 27.0 Å². The van der Waals surface area contributed by atoms with E-state index in [2.05, 4.69) is 10.2 Å². The molecular weight excluding hydrogens is 344 g/mol. The average Bonchev–Trinajstić information content (AvgIpc) is 2.83. The monoisotopic (exact) mass is 353 g/mol. The maximum Gasteiger partial charge on any atom is 0.296 e. The Morgan fingerprint density at radius 1 is 1.38 bits per heavy atom. The van der Waals surface area contributed by atoms with E-state index in [0.717, 1.165) is 0 Å². The van der Waals surface area contributed by atoms with Gasteiger partial charge in [-0.2, -0.15) is 0 Å². The third-order valence-corrected chi connectivity index (χ3v) is 4.18. The number of halogens is 3. The molecule has 6 nitrogen and oxygen atoms in total. The number of nitrogens with zero attached hydrogens (tertiary/aromatic N) is 3. The molecule has 0 saturated heterocycles. The molecule has 0 amide bonds. The summed E-state index contributed by atoms with van der Waals surface area (Å²) in [5.41, 5.74) is 0.215. The van der Waals surface area contributed by atoms with E-state index < -0.39 is 20.0 Å². The molecule has 0 aliphatic carbocycles. The van der Waals surface area contributed by atoms with Gasteiger partial charge in [-0.15, -0.1) is 10.2 Å². The molecule has 0 radical (unpaired) electrons. The fraction of sp³-hybridized carbons (Fsp3) is 0.273. The van der Waals surface area contributed by atoms with Gasteiger partial charge in [-0.05, 0) is 12.1 Å². The molecule has 1 aromatic heterocycles. The Morgan fingerprint density at radius 2 is 2.10 bits per heavy atom. The molecule has 21 heavy (non-hydrogen) atoms. The molecule has 0 atom stereocenters. The van der Waals surface area contributed by atoms with Crippen molar-refractivity contribution in [3.63, 3.8) is 0 Å². The van der Waals surface area contributed by atoms with Crippen LogP contribution < -0.4 is 0 Å². The highest BCUT2D eigenvalue weighted by atomic mass is 35.7. The van der Waals surface area contributed by atoms with E-state index in [9.17, 15) is 12.8 Å². The van der Waals surface area contributed by atoms with Crippen LogP contribution in [0.15, 0.2) is 23.4 Å². The van der Waals surface area contributed by atoms with Crippen LogP contribution in [0.4, 0.5) is 4.39 Å². The average molecular weight is 354 g/mol. The fourth-order valence-corrected chi connectivity index (χ4v) is 2.86. The second-order valence-electron chi connectivity index (χ2n) is 3.99. The molecular formula is C11H10Cl2FN3O3S. The number of ether oxygens (including phenoxy) is 1.